The Balaban J connectivity index is 2.03. The summed E-state index contributed by atoms with van der Waals surface area (Å²) in [7, 11) is 0. The van der Waals surface area contributed by atoms with Crippen molar-refractivity contribution in [3.05, 3.63) is 53.6 Å². The van der Waals surface area contributed by atoms with E-state index in [1.165, 1.54) is 5.56 Å². The summed E-state index contributed by atoms with van der Waals surface area (Å²) < 4.78 is 0. The highest BCUT2D eigenvalue weighted by Crippen LogP contribution is 2.07. The number of hydrogen-bond acceptors (Lipinski definition) is 2. The van der Waals surface area contributed by atoms with E-state index in [-0.39, 0.29) is 0 Å². The van der Waals surface area contributed by atoms with E-state index >= 15 is 0 Å². The van der Waals surface area contributed by atoms with Crippen molar-refractivity contribution in [3.63, 3.8) is 0 Å². The summed E-state index contributed by atoms with van der Waals surface area (Å²) in [5.74, 6) is 0. The smallest absolute Gasteiger partial charge is 0.161 e. The summed E-state index contributed by atoms with van der Waals surface area (Å²) in [6.45, 7) is 0. The fourth-order valence-electron chi connectivity index (χ4n) is 1.52. The molecule has 0 saturated carbocycles. The van der Waals surface area contributed by atoms with Gasteiger partial charge >= 0.3 is 0 Å². The quantitative estimate of drug-likeness (QED) is 0.818. The van der Waals surface area contributed by atoms with Gasteiger partial charge in [0.1, 0.15) is 6.07 Å². The summed E-state index contributed by atoms with van der Waals surface area (Å²) in [4.78, 5) is 6.92. The van der Waals surface area contributed by atoms with Crippen LogP contribution in [0.5, 0.6) is 0 Å². The number of nitriles is 1. The van der Waals surface area contributed by atoms with Crippen LogP contribution in [0.25, 0.3) is 0 Å². The first-order valence-electron chi connectivity index (χ1n) is 4.86. The minimum atomic E-state index is 0.505. The molecular formula is C12H11N3. The van der Waals surface area contributed by atoms with Crippen molar-refractivity contribution in [1.29, 1.82) is 5.26 Å². The Hall–Kier alpha value is -2.08. The van der Waals surface area contributed by atoms with Crippen LogP contribution in [0.3, 0.4) is 0 Å². The maximum atomic E-state index is 8.77. The van der Waals surface area contributed by atoms with Crippen molar-refractivity contribution >= 4 is 0 Å². The predicted molar refractivity (Wildman–Crippen MR) is 57.2 cm³/mol. The van der Waals surface area contributed by atoms with Crippen LogP contribution in [0.2, 0.25) is 0 Å². The molecule has 1 aromatic carbocycles. The molecule has 74 valence electrons. The number of H-pyrrole nitrogens is 1. The third kappa shape index (κ3) is 2.23. The second-order valence-electron chi connectivity index (χ2n) is 3.33. The lowest BCUT2D eigenvalue weighted by Crippen LogP contribution is -1.93. The Kier molecular flexibility index (Phi) is 2.80. The largest absolute Gasteiger partial charge is 0.347 e. The summed E-state index contributed by atoms with van der Waals surface area (Å²) in [6, 6.07) is 12.3. The van der Waals surface area contributed by atoms with Gasteiger partial charge in [0.25, 0.3) is 0 Å². The van der Waals surface area contributed by atoms with Crippen molar-refractivity contribution in [2.75, 3.05) is 0 Å². The number of imidazole rings is 1. The molecule has 2 rings (SSSR count). The molecule has 0 bridgehead atoms. The van der Waals surface area contributed by atoms with Crippen LogP contribution in [0, 0.1) is 11.3 Å². The topological polar surface area (TPSA) is 52.5 Å². The molecule has 3 heteroatoms. The maximum Gasteiger partial charge on any atom is 0.161 e. The molecule has 0 radical (unpaired) electrons. The Morgan fingerprint density at radius 3 is 2.73 bits per heavy atom. The van der Waals surface area contributed by atoms with Gasteiger partial charge in [-0.05, 0) is 18.4 Å². The van der Waals surface area contributed by atoms with E-state index in [1.54, 1.807) is 6.33 Å². The molecule has 0 spiro atoms. The van der Waals surface area contributed by atoms with Crippen molar-refractivity contribution in [2.45, 2.75) is 12.8 Å². The fourth-order valence-corrected chi connectivity index (χ4v) is 1.52. The molecule has 15 heavy (non-hydrogen) atoms. The van der Waals surface area contributed by atoms with Crippen LogP contribution in [0.1, 0.15) is 17.0 Å². The summed E-state index contributed by atoms with van der Waals surface area (Å²) in [6.07, 6.45) is 3.32. The highest BCUT2D eigenvalue weighted by molar-refractivity contribution is 5.26. The van der Waals surface area contributed by atoms with Gasteiger partial charge in [-0.3, -0.25) is 0 Å². The molecule has 0 fully saturated rings. The van der Waals surface area contributed by atoms with Crippen LogP contribution in [-0.2, 0) is 12.8 Å². The van der Waals surface area contributed by atoms with E-state index in [4.69, 9.17) is 5.26 Å². The first-order valence-corrected chi connectivity index (χ1v) is 4.86. The molecule has 3 nitrogen and oxygen atoms in total. The standard InChI is InChI=1S/C12H11N3/c13-8-12-11(14-9-15-12)7-6-10-4-2-1-3-5-10/h1-5,9H,6-7H2,(H,14,15). The van der Waals surface area contributed by atoms with Gasteiger partial charge in [-0.1, -0.05) is 30.3 Å². The Morgan fingerprint density at radius 2 is 2.00 bits per heavy atom. The normalized spacial score (nSPS) is 9.80. The molecule has 0 aliphatic carbocycles. The molecule has 1 N–H and O–H groups in total. The Labute approximate surface area is 88.4 Å². The van der Waals surface area contributed by atoms with Crippen molar-refractivity contribution in [2.24, 2.45) is 0 Å². The number of aryl methyl sites for hydroxylation is 2. The average Bonchev–Trinajstić information content (AvgIpc) is 2.75. The minimum Gasteiger partial charge on any atom is -0.347 e. The molecule has 0 amide bonds. The molecule has 1 heterocycles. The number of aromatic amines is 1. The Morgan fingerprint density at radius 1 is 1.20 bits per heavy atom. The summed E-state index contributed by atoms with van der Waals surface area (Å²) in [5, 5.41) is 8.77. The van der Waals surface area contributed by atoms with Crippen LogP contribution in [0.4, 0.5) is 0 Å². The van der Waals surface area contributed by atoms with Crippen molar-refractivity contribution in [1.82, 2.24) is 9.97 Å². The zero-order valence-electron chi connectivity index (χ0n) is 8.27. The SMILES string of the molecule is N#Cc1nc[nH]c1CCc1ccccc1. The van der Waals surface area contributed by atoms with Gasteiger partial charge in [-0.2, -0.15) is 5.26 Å². The van der Waals surface area contributed by atoms with Crippen LogP contribution in [-0.4, -0.2) is 9.97 Å². The predicted octanol–water partition coefficient (Wildman–Crippen LogP) is 2.07. The van der Waals surface area contributed by atoms with Crippen molar-refractivity contribution < 1.29 is 0 Å². The zero-order valence-corrected chi connectivity index (χ0v) is 8.27. The molecule has 0 atom stereocenters. The molecular weight excluding hydrogens is 186 g/mol. The van der Waals surface area contributed by atoms with Gasteiger partial charge in [-0.15, -0.1) is 0 Å². The summed E-state index contributed by atoms with van der Waals surface area (Å²) in [5.41, 5.74) is 2.70. The van der Waals surface area contributed by atoms with Gasteiger partial charge in [-0.25, -0.2) is 4.98 Å². The second-order valence-corrected chi connectivity index (χ2v) is 3.33. The maximum absolute atomic E-state index is 8.77. The number of rotatable bonds is 3. The first kappa shape index (κ1) is 9.47. The number of nitrogens with one attached hydrogen (secondary N) is 1. The zero-order chi connectivity index (χ0) is 10.5. The number of hydrogen-bond donors (Lipinski definition) is 1. The number of aromatic nitrogens is 2. The molecule has 0 aliphatic heterocycles. The lowest BCUT2D eigenvalue weighted by molar-refractivity contribution is 0.921. The monoisotopic (exact) mass is 197 g/mol. The second kappa shape index (κ2) is 4.43. The van der Waals surface area contributed by atoms with Crippen molar-refractivity contribution in [3.8, 4) is 6.07 Å². The Bertz CT molecular complexity index is 465. The number of nitrogens with zero attached hydrogens (tertiary/aromatic N) is 2. The lowest BCUT2D eigenvalue weighted by atomic mass is 10.1. The lowest BCUT2D eigenvalue weighted by Gasteiger charge is -1.99. The average molecular weight is 197 g/mol. The molecule has 0 unspecified atom stereocenters. The third-order valence-corrected chi connectivity index (χ3v) is 2.33. The van der Waals surface area contributed by atoms with E-state index in [2.05, 4.69) is 28.2 Å². The fraction of sp³-hybridized carbons (Fsp3) is 0.167. The van der Waals surface area contributed by atoms with E-state index in [0.29, 0.717) is 5.69 Å². The van der Waals surface area contributed by atoms with E-state index < -0.39 is 0 Å². The summed E-state index contributed by atoms with van der Waals surface area (Å²) >= 11 is 0. The van der Waals surface area contributed by atoms with Crippen LogP contribution >= 0.6 is 0 Å². The van der Waals surface area contributed by atoms with Gasteiger partial charge < -0.3 is 4.98 Å². The van der Waals surface area contributed by atoms with Gasteiger partial charge in [0.15, 0.2) is 5.69 Å². The first-order chi connectivity index (χ1) is 7.40. The third-order valence-electron chi connectivity index (χ3n) is 2.33. The molecule has 2 aromatic rings. The highest BCUT2D eigenvalue weighted by Gasteiger charge is 2.03. The molecule has 0 saturated heterocycles. The molecule has 1 aromatic heterocycles. The van der Waals surface area contributed by atoms with Crippen LogP contribution in [0.15, 0.2) is 36.7 Å². The highest BCUT2D eigenvalue weighted by atomic mass is 14.9. The van der Waals surface area contributed by atoms with Crippen LogP contribution < -0.4 is 0 Å². The van der Waals surface area contributed by atoms with Gasteiger partial charge in [0.05, 0.1) is 12.0 Å². The van der Waals surface area contributed by atoms with E-state index in [1.807, 2.05) is 18.2 Å². The minimum absolute atomic E-state index is 0.505. The van der Waals surface area contributed by atoms with Gasteiger partial charge in [0.2, 0.25) is 0 Å². The van der Waals surface area contributed by atoms with Gasteiger partial charge in [0, 0.05) is 0 Å². The van der Waals surface area contributed by atoms with E-state index in [9.17, 15) is 0 Å². The van der Waals surface area contributed by atoms with E-state index in [0.717, 1.165) is 18.5 Å². The molecule has 0 aliphatic rings. The number of benzene rings is 1.